The number of halogens is 2. The SMILES string of the molecule is COc1ccc(NC2=C(Sc3ccc(NC(=O)c4ccc(Cl)cc4)cc3)C(=O)N(c3ccc(F)cc3)C2=O)cc1. The molecule has 1 aliphatic rings. The van der Waals surface area contributed by atoms with Crippen LogP contribution in [0.3, 0.4) is 0 Å². The second kappa shape index (κ2) is 11.6. The van der Waals surface area contributed by atoms with Gasteiger partial charge in [0.15, 0.2) is 0 Å². The molecule has 1 aliphatic heterocycles. The number of ether oxygens (including phenoxy) is 1. The first kappa shape index (κ1) is 27.0. The van der Waals surface area contributed by atoms with E-state index in [-0.39, 0.29) is 22.2 Å². The summed E-state index contributed by atoms with van der Waals surface area (Å²) in [5.74, 6) is -1.25. The average molecular weight is 574 g/mol. The number of nitrogens with zero attached hydrogens (tertiary/aromatic N) is 1. The van der Waals surface area contributed by atoms with Gasteiger partial charge in [-0.2, -0.15) is 0 Å². The maximum absolute atomic E-state index is 13.5. The zero-order valence-corrected chi connectivity index (χ0v) is 22.6. The summed E-state index contributed by atoms with van der Waals surface area (Å²) in [5, 5.41) is 6.41. The van der Waals surface area contributed by atoms with Gasteiger partial charge < -0.3 is 15.4 Å². The smallest absolute Gasteiger partial charge is 0.283 e. The minimum Gasteiger partial charge on any atom is -0.497 e. The molecule has 0 atom stereocenters. The second-order valence-corrected chi connectivity index (χ2v) is 10.1. The Morgan fingerprint density at radius 2 is 1.45 bits per heavy atom. The third-order valence-electron chi connectivity index (χ3n) is 5.92. The molecule has 10 heteroatoms. The maximum atomic E-state index is 13.5. The second-order valence-electron chi connectivity index (χ2n) is 8.57. The molecule has 0 saturated carbocycles. The normalized spacial score (nSPS) is 13.0. The van der Waals surface area contributed by atoms with Crippen molar-refractivity contribution in [2.75, 3.05) is 22.6 Å². The van der Waals surface area contributed by atoms with Crippen LogP contribution in [-0.2, 0) is 9.59 Å². The molecule has 0 saturated heterocycles. The van der Waals surface area contributed by atoms with Crippen molar-refractivity contribution in [3.63, 3.8) is 0 Å². The minimum atomic E-state index is -0.568. The van der Waals surface area contributed by atoms with Gasteiger partial charge in [-0.05, 0) is 97.1 Å². The predicted octanol–water partition coefficient (Wildman–Crippen LogP) is 6.73. The Kier molecular flexibility index (Phi) is 7.86. The van der Waals surface area contributed by atoms with E-state index in [0.717, 1.165) is 16.7 Å². The highest BCUT2D eigenvalue weighted by Crippen LogP contribution is 2.38. The van der Waals surface area contributed by atoms with Gasteiger partial charge in [-0.3, -0.25) is 14.4 Å². The number of imide groups is 1. The highest BCUT2D eigenvalue weighted by molar-refractivity contribution is 8.04. The van der Waals surface area contributed by atoms with Gasteiger partial charge in [-0.15, -0.1) is 0 Å². The summed E-state index contributed by atoms with van der Waals surface area (Å²) in [4.78, 5) is 41.3. The molecule has 4 aromatic carbocycles. The van der Waals surface area contributed by atoms with E-state index in [2.05, 4.69) is 10.6 Å². The maximum Gasteiger partial charge on any atom is 0.283 e. The number of methoxy groups -OCH3 is 1. The standard InChI is InChI=1S/C30H21ClFN3O4S/c1-39-24-14-8-21(9-15-24)33-26-27(30(38)35(29(26)37)23-12-6-20(32)7-13-23)40-25-16-10-22(11-17-25)34-28(36)18-2-4-19(31)5-3-18/h2-17,33H,1H3,(H,34,36). The van der Waals surface area contributed by atoms with Crippen LogP contribution in [0.1, 0.15) is 10.4 Å². The van der Waals surface area contributed by atoms with Gasteiger partial charge in [-0.1, -0.05) is 23.4 Å². The number of hydrogen-bond donors (Lipinski definition) is 2. The Labute approximate surface area is 238 Å². The first-order valence-electron chi connectivity index (χ1n) is 12.0. The Morgan fingerprint density at radius 1 is 0.825 bits per heavy atom. The van der Waals surface area contributed by atoms with Crippen LogP contribution in [0, 0.1) is 5.82 Å². The lowest BCUT2D eigenvalue weighted by Crippen LogP contribution is -2.32. The van der Waals surface area contributed by atoms with Crippen LogP contribution in [0.15, 0.2) is 113 Å². The fraction of sp³-hybridized carbons (Fsp3) is 0.0333. The molecule has 0 bridgehead atoms. The summed E-state index contributed by atoms with van der Waals surface area (Å²) in [5.41, 5.74) is 1.93. The molecule has 200 valence electrons. The van der Waals surface area contributed by atoms with Crippen LogP contribution < -0.4 is 20.3 Å². The van der Waals surface area contributed by atoms with Crippen molar-refractivity contribution in [1.29, 1.82) is 0 Å². The molecule has 5 rings (SSSR count). The molecule has 0 aromatic heterocycles. The van der Waals surface area contributed by atoms with Crippen LogP contribution in [-0.4, -0.2) is 24.8 Å². The van der Waals surface area contributed by atoms with Crippen LogP contribution in [0.4, 0.5) is 21.5 Å². The molecular weight excluding hydrogens is 553 g/mol. The molecular formula is C30H21ClFN3O4S. The first-order valence-corrected chi connectivity index (χ1v) is 13.2. The number of amides is 3. The molecule has 0 aliphatic carbocycles. The average Bonchev–Trinajstić information content (AvgIpc) is 3.19. The molecule has 0 fully saturated rings. The van der Waals surface area contributed by atoms with Crippen molar-refractivity contribution in [2.24, 2.45) is 0 Å². The van der Waals surface area contributed by atoms with Gasteiger partial charge in [0.25, 0.3) is 17.7 Å². The number of carbonyl (C=O) groups excluding carboxylic acids is 3. The largest absolute Gasteiger partial charge is 0.497 e. The van der Waals surface area contributed by atoms with E-state index in [1.54, 1.807) is 79.9 Å². The van der Waals surface area contributed by atoms with Crippen LogP contribution >= 0.6 is 23.4 Å². The topological polar surface area (TPSA) is 87.7 Å². The van der Waals surface area contributed by atoms with E-state index in [0.29, 0.717) is 32.6 Å². The molecule has 0 spiro atoms. The van der Waals surface area contributed by atoms with Gasteiger partial charge in [0.2, 0.25) is 0 Å². The zero-order valence-electron chi connectivity index (χ0n) is 21.0. The Morgan fingerprint density at radius 3 is 2.08 bits per heavy atom. The molecule has 4 aromatic rings. The Bertz CT molecular complexity index is 1610. The van der Waals surface area contributed by atoms with Crippen molar-refractivity contribution >= 4 is 58.1 Å². The van der Waals surface area contributed by atoms with E-state index in [4.69, 9.17) is 16.3 Å². The van der Waals surface area contributed by atoms with Gasteiger partial charge in [0, 0.05) is 26.9 Å². The lowest BCUT2D eigenvalue weighted by atomic mass is 10.2. The van der Waals surface area contributed by atoms with E-state index in [9.17, 15) is 18.8 Å². The van der Waals surface area contributed by atoms with Crippen molar-refractivity contribution < 1.29 is 23.5 Å². The van der Waals surface area contributed by atoms with Crippen molar-refractivity contribution in [3.05, 3.63) is 124 Å². The van der Waals surface area contributed by atoms with Gasteiger partial charge in [-0.25, -0.2) is 9.29 Å². The quantitative estimate of drug-likeness (QED) is 0.227. The molecule has 1 heterocycles. The number of rotatable bonds is 8. The van der Waals surface area contributed by atoms with Gasteiger partial charge in [0.05, 0.1) is 12.8 Å². The highest BCUT2D eigenvalue weighted by atomic mass is 35.5. The van der Waals surface area contributed by atoms with E-state index < -0.39 is 17.6 Å². The third kappa shape index (κ3) is 5.85. The summed E-state index contributed by atoms with van der Waals surface area (Å²) in [6, 6.07) is 25.4. The Hall–Kier alpha value is -4.60. The summed E-state index contributed by atoms with van der Waals surface area (Å²) in [7, 11) is 1.55. The number of carbonyl (C=O) groups is 3. The number of benzene rings is 4. The van der Waals surface area contributed by atoms with Crippen LogP contribution in [0.25, 0.3) is 0 Å². The number of hydrogen-bond acceptors (Lipinski definition) is 6. The molecule has 40 heavy (non-hydrogen) atoms. The fourth-order valence-corrected chi connectivity index (χ4v) is 4.94. The summed E-state index contributed by atoms with van der Waals surface area (Å²) >= 11 is 6.99. The van der Waals surface area contributed by atoms with Crippen LogP contribution in [0.5, 0.6) is 5.75 Å². The van der Waals surface area contributed by atoms with Crippen molar-refractivity contribution in [1.82, 2.24) is 0 Å². The third-order valence-corrected chi connectivity index (χ3v) is 7.27. The van der Waals surface area contributed by atoms with Crippen molar-refractivity contribution in [3.8, 4) is 5.75 Å². The molecule has 3 amide bonds. The summed E-state index contributed by atoms with van der Waals surface area (Å²) in [6.45, 7) is 0. The van der Waals surface area contributed by atoms with Gasteiger partial charge >= 0.3 is 0 Å². The fourth-order valence-electron chi connectivity index (χ4n) is 3.89. The zero-order chi connectivity index (χ0) is 28.2. The van der Waals surface area contributed by atoms with Crippen LogP contribution in [0.2, 0.25) is 5.02 Å². The predicted molar refractivity (Wildman–Crippen MR) is 154 cm³/mol. The molecule has 2 N–H and O–H groups in total. The first-order chi connectivity index (χ1) is 19.3. The number of nitrogens with one attached hydrogen (secondary N) is 2. The summed E-state index contributed by atoms with van der Waals surface area (Å²) < 4.78 is 18.7. The van der Waals surface area contributed by atoms with Gasteiger partial charge in [0.1, 0.15) is 22.2 Å². The Balaban J connectivity index is 1.40. The molecule has 0 unspecified atom stereocenters. The monoisotopic (exact) mass is 573 g/mol. The lowest BCUT2D eigenvalue weighted by Gasteiger charge is -2.15. The number of anilines is 3. The minimum absolute atomic E-state index is 0.0876. The van der Waals surface area contributed by atoms with E-state index in [1.807, 2.05) is 0 Å². The lowest BCUT2D eigenvalue weighted by molar-refractivity contribution is -0.120. The highest BCUT2D eigenvalue weighted by Gasteiger charge is 2.40. The number of thioether (sulfide) groups is 1. The van der Waals surface area contributed by atoms with Crippen molar-refractivity contribution in [2.45, 2.75) is 4.90 Å². The van der Waals surface area contributed by atoms with E-state index in [1.165, 1.54) is 24.3 Å². The molecule has 0 radical (unpaired) electrons. The molecule has 7 nitrogen and oxygen atoms in total. The summed E-state index contributed by atoms with van der Waals surface area (Å²) in [6.07, 6.45) is 0. The van der Waals surface area contributed by atoms with E-state index >= 15 is 0 Å².